The van der Waals surface area contributed by atoms with Crippen LogP contribution in [-0.2, 0) is 31.0 Å². The van der Waals surface area contributed by atoms with Gasteiger partial charge in [-0.3, -0.25) is 10.1 Å². The van der Waals surface area contributed by atoms with Gasteiger partial charge in [0.15, 0.2) is 9.84 Å². The lowest BCUT2D eigenvalue weighted by atomic mass is 10.1. The van der Waals surface area contributed by atoms with Crippen LogP contribution in [0.4, 0.5) is 10.8 Å². The standard InChI is InChI=1S/C26H31N5O8S2/c1-4-38-26(33)30-13-15-31(16-14-30)41(36,37)22-11-7-20(8-12-22)24(32)27-25-29-28-23(39-25)17-19-5-9-21(10-6-19)40(34,35)18(2)3/h5-12,18H,4,13-17H2,1-3H3,(H,27,29,32). The van der Waals surface area contributed by atoms with Gasteiger partial charge in [0.25, 0.3) is 5.91 Å². The molecule has 1 fully saturated rings. The summed E-state index contributed by atoms with van der Waals surface area (Å²) in [4.78, 5) is 26.3. The molecule has 41 heavy (non-hydrogen) atoms. The van der Waals surface area contributed by atoms with Crippen molar-refractivity contribution in [3.63, 3.8) is 0 Å². The number of nitrogens with one attached hydrogen (secondary N) is 1. The summed E-state index contributed by atoms with van der Waals surface area (Å²) in [7, 11) is -7.20. The summed E-state index contributed by atoms with van der Waals surface area (Å²) < 4.78 is 62.4. The number of aromatic nitrogens is 2. The molecule has 1 saturated heterocycles. The Morgan fingerprint density at radius 2 is 1.54 bits per heavy atom. The first-order valence-corrected chi connectivity index (χ1v) is 15.9. The lowest BCUT2D eigenvalue weighted by molar-refractivity contribution is 0.0933. The summed E-state index contributed by atoms with van der Waals surface area (Å²) in [6.07, 6.45) is -0.243. The number of nitrogens with zero attached hydrogens (tertiary/aromatic N) is 4. The fourth-order valence-corrected chi connectivity index (χ4v) is 6.52. The molecule has 0 aliphatic carbocycles. The van der Waals surface area contributed by atoms with Gasteiger partial charge in [0.05, 0.1) is 28.1 Å². The zero-order valence-corrected chi connectivity index (χ0v) is 24.4. The highest BCUT2D eigenvalue weighted by Crippen LogP contribution is 2.21. The molecule has 1 aliphatic rings. The molecular weight excluding hydrogens is 574 g/mol. The smallest absolute Gasteiger partial charge is 0.409 e. The predicted octanol–water partition coefficient (Wildman–Crippen LogP) is 2.56. The van der Waals surface area contributed by atoms with E-state index in [4.69, 9.17) is 9.15 Å². The van der Waals surface area contributed by atoms with E-state index in [9.17, 15) is 26.4 Å². The van der Waals surface area contributed by atoms with Gasteiger partial charge in [0.2, 0.25) is 15.9 Å². The van der Waals surface area contributed by atoms with Crippen molar-refractivity contribution in [1.29, 1.82) is 0 Å². The van der Waals surface area contributed by atoms with Crippen molar-refractivity contribution < 1.29 is 35.6 Å². The number of anilines is 1. The van der Waals surface area contributed by atoms with E-state index in [1.807, 2.05) is 0 Å². The first kappa shape index (κ1) is 30.1. The monoisotopic (exact) mass is 605 g/mol. The van der Waals surface area contributed by atoms with Gasteiger partial charge < -0.3 is 14.1 Å². The molecule has 0 atom stereocenters. The van der Waals surface area contributed by atoms with Gasteiger partial charge in [-0.2, -0.15) is 4.31 Å². The van der Waals surface area contributed by atoms with Crippen molar-refractivity contribution in [1.82, 2.24) is 19.4 Å². The largest absolute Gasteiger partial charge is 0.450 e. The Hall–Kier alpha value is -3.82. The van der Waals surface area contributed by atoms with E-state index < -0.39 is 37.1 Å². The van der Waals surface area contributed by atoms with Crippen LogP contribution in [0.15, 0.2) is 62.7 Å². The van der Waals surface area contributed by atoms with Gasteiger partial charge in [0, 0.05) is 31.7 Å². The van der Waals surface area contributed by atoms with E-state index in [0.717, 1.165) is 5.56 Å². The molecule has 13 nitrogen and oxygen atoms in total. The topological polar surface area (TPSA) is 169 Å². The van der Waals surface area contributed by atoms with Crippen LogP contribution in [-0.4, -0.2) is 86.3 Å². The molecule has 4 rings (SSSR count). The second kappa shape index (κ2) is 12.4. The number of benzene rings is 2. The molecule has 0 saturated carbocycles. The summed E-state index contributed by atoms with van der Waals surface area (Å²) in [5.74, 6) is -0.361. The van der Waals surface area contributed by atoms with Gasteiger partial charge in [0.1, 0.15) is 0 Å². The van der Waals surface area contributed by atoms with Gasteiger partial charge in [-0.1, -0.05) is 17.2 Å². The Kier molecular flexibility index (Phi) is 9.09. The van der Waals surface area contributed by atoms with Crippen LogP contribution < -0.4 is 5.32 Å². The van der Waals surface area contributed by atoms with Crippen LogP contribution in [0.1, 0.15) is 42.6 Å². The number of sulfone groups is 1. The maximum Gasteiger partial charge on any atom is 0.409 e. The van der Waals surface area contributed by atoms with Crippen molar-refractivity contribution in [2.45, 2.75) is 42.2 Å². The molecule has 2 aromatic carbocycles. The first-order chi connectivity index (χ1) is 19.4. The van der Waals surface area contributed by atoms with Gasteiger partial charge in [-0.15, -0.1) is 5.10 Å². The minimum Gasteiger partial charge on any atom is -0.450 e. The molecule has 15 heteroatoms. The van der Waals surface area contributed by atoms with E-state index in [0.29, 0.717) is 0 Å². The van der Waals surface area contributed by atoms with Crippen LogP contribution in [0, 0.1) is 0 Å². The Morgan fingerprint density at radius 1 is 0.927 bits per heavy atom. The van der Waals surface area contributed by atoms with Crippen molar-refractivity contribution in [2.75, 3.05) is 38.1 Å². The highest BCUT2D eigenvalue weighted by atomic mass is 32.2. The molecule has 0 radical (unpaired) electrons. The number of amides is 2. The van der Waals surface area contributed by atoms with Crippen LogP contribution in [0.2, 0.25) is 0 Å². The van der Waals surface area contributed by atoms with E-state index >= 15 is 0 Å². The van der Waals surface area contributed by atoms with E-state index in [1.165, 1.54) is 45.6 Å². The average Bonchev–Trinajstić information content (AvgIpc) is 3.39. The number of ether oxygens (including phenoxy) is 1. The maximum absolute atomic E-state index is 13.0. The van der Waals surface area contributed by atoms with Crippen molar-refractivity contribution in [2.24, 2.45) is 0 Å². The first-order valence-electron chi connectivity index (χ1n) is 12.9. The Balaban J connectivity index is 1.34. The zero-order chi connectivity index (χ0) is 29.8. The summed E-state index contributed by atoms with van der Waals surface area (Å²) in [5.41, 5.74) is 0.922. The van der Waals surface area contributed by atoms with Gasteiger partial charge in [-0.05, 0) is 62.7 Å². The number of piperazine rings is 1. The highest BCUT2D eigenvalue weighted by Gasteiger charge is 2.30. The van der Waals surface area contributed by atoms with E-state index in [-0.39, 0.29) is 66.5 Å². The number of rotatable bonds is 9. The normalized spacial score (nSPS) is 14.7. The van der Waals surface area contributed by atoms with Crippen LogP contribution in [0.3, 0.4) is 0 Å². The Labute approximate surface area is 238 Å². The minimum atomic E-state index is -3.82. The molecule has 1 N–H and O–H groups in total. The molecular formula is C26H31N5O8S2. The summed E-state index contributed by atoms with van der Waals surface area (Å²) in [5, 5.41) is 9.69. The summed E-state index contributed by atoms with van der Waals surface area (Å²) in [6.45, 7) is 5.88. The molecule has 0 unspecified atom stereocenters. The lowest BCUT2D eigenvalue weighted by Gasteiger charge is -2.33. The van der Waals surface area contributed by atoms with E-state index in [1.54, 1.807) is 32.9 Å². The molecule has 220 valence electrons. The number of hydrogen-bond acceptors (Lipinski definition) is 10. The fraction of sp³-hybridized carbons (Fsp3) is 0.385. The molecule has 3 aromatic rings. The third-order valence-corrected chi connectivity index (χ3v) is 10.5. The summed E-state index contributed by atoms with van der Waals surface area (Å²) in [6, 6.07) is 11.7. The number of hydrogen-bond donors (Lipinski definition) is 1. The average molecular weight is 606 g/mol. The Morgan fingerprint density at radius 3 is 2.12 bits per heavy atom. The minimum absolute atomic E-state index is 0.0194. The molecule has 1 aromatic heterocycles. The van der Waals surface area contributed by atoms with Crippen LogP contribution >= 0.6 is 0 Å². The lowest BCUT2D eigenvalue weighted by Crippen LogP contribution is -2.50. The van der Waals surface area contributed by atoms with E-state index in [2.05, 4.69) is 15.5 Å². The molecule has 0 bridgehead atoms. The fourth-order valence-electron chi connectivity index (χ4n) is 4.04. The SMILES string of the molecule is CCOC(=O)N1CCN(S(=O)(=O)c2ccc(C(=O)Nc3nnc(Cc4ccc(S(=O)(=O)C(C)C)cc4)o3)cc2)CC1. The maximum atomic E-state index is 13.0. The molecule has 0 spiro atoms. The molecule has 1 aliphatic heterocycles. The quantitative estimate of drug-likeness (QED) is 0.382. The summed E-state index contributed by atoms with van der Waals surface area (Å²) >= 11 is 0. The van der Waals surface area contributed by atoms with Gasteiger partial charge >= 0.3 is 12.1 Å². The molecule has 2 amide bonds. The van der Waals surface area contributed by atoms with Crippen molar-refractivity contribution in [3.8, 4) is 0 Å². The number of sulfonamides is 1. The van der Waals surface area contributed by atoms with Crippen LogP contribution in [0.5, 0.6) is 0 Å². The van der Waals surface area contributed by atoms with Crippen LogP contribution in [0.25, 0.3) is 0 Å². The predicted molar refractivity (Wildman–Crippen MR) is 148 cm³/mol. The third kappa shape index (κ3) is 6.92. The van der Waals surface area contributed by atoms with Gasteiger partial charge in [-0.25, -0.2) is 21.6 Å². The van der Waals surface area contributed by atoms with Crippen molar-refractivity contribution in [3.05, 3.63) is 65.5 Å². The second-order valence-electron chi connectivity index (χ2n) is 9.48. The van der Waals surface area contributed by atoms with Crippen molar-refractivity contribution >= 4 is 37.9 Å². The highest BCUT2D eigenvalue weighted by molar-refractivity contribution is 7.92. The second-order valence-corrected chi connectivity index (χ2v) is 13.9. The zero-order valence-electron chi connectivity index (χ0n) is 22.8. The Bertz CT molecular complexity index is 1590. The number of carbonyl (C=O) groups excluding carboxylic acids is 2. The molecule has 2 heterocycles. The number of carbonyl (C=O) groups is 2. The third-order valence-electron chi connectivity index (χ3n) is 6.43.